The number of hydrogen-bond donors (Lipinski definition) is 1. The predicted molar refractivity (Wildman–Crippen MR) is 85.5 cm³/mol. The third-order valence-corrected chi connectivity index (χ3v) is 5.20. The van der Waals surface area contributed by atoms with Crippen molar-refractivity contribution in [2.75, 3.05) is 13.1 Å². The van der Waals surface area contributed by atoms with Crippen LogP contribution in [0.15, 0.2) is 24.3 Å². The van der Waals surface area contributed by atoms with Crippen LogP contribution in [-0.4, -0.2) is 36.0 Å². The molecule has 1 aliphatic carbocycles. The lowest BCUT2D eigenvalue weighted by Gasteiger charge is -2.49. The van der Waals surface area contributed by atoms with E-state index in [2.05, 4.69) is 24.1 Å². The molecule has 5 heteroatoms. The highest BCUT2D eigenvalue weighted by Gasteiger charge is 2.50. The second kappa shape index (κ2) is 6.06. The van der Waals surface area contributed by atoms with E-state index in [0.717, 1.165) is 18.7 Å². The number of hydrogen-bond acceptors (Lipinski definition) is 2. The van der Waals surface area contributed by atoms with E-state index < -0.39 is 5.92 Å². The molecule has 1 aliphatic heterocycles. The Morgan fingerprint density at radius 2 is 1.86 bits per heavy atom. The predicted octanol–water partition coefficient (Wildman–Crippen LogP) is 4.11. The Balaban J connectivity index is 1.87. The summed E-state index contributed by atoms with van der Waals surface area (Å²) in [5.41, 5.74) is 1.10. The largest absolute Gasteiger partial charge is 0.311 e. The van der Waals surface area contributed by atoms with Crippen LogP contribution in [0.2, 0.25) is 5.02 Å². The molecule has 0 aromatic heterocycles. The summed E-state index contributed by atoms with van der Waals surface area (Å²) < 4.78 is 26.8. The molecule has 0 spiro atoms. The minimum absolute atomic E-state index is 0.00861. The summed E-state index contributed by atoms with van der Waals surface area (Å²) in [6.07, 6.45) is -0.0172. The van der Waals surface area contributed by atoms with Crippen molar-refractivity contribution < 1.29 is 8.78 Å². The molecule has 3 rings (SSSR count). The van der Waals surface area contributed by atoms with Gasteiger partial charge in [-0.15, -0.1) is 0 Å². The number of nitrogens with one attached hydrogen (secondary N) is 1. The number of piperazine rings is 1. The highest BCUT2D eigenvalue weighted by Crippen LogP contribution is 2.50. The van der Waals surface area contributed by atoms with Gasteiger partial charge in [-0.25, -0.2) is 8.78 Å². The Kier molecular flexibility index (Phi) is 4.45. The van der Waals surface area contributed by atoms with Crippen LogP contribution in [0.1, 0.15) is 38.3 Å². The molecule has 0 amide bonds. The third kappa shape index (κ3) is 3.29. The zero-order valence-corrected chi connectivity index (χ0v) is 13.8. The number of rotatable bonds is 3. The van der Waals surface area contributed by atoms with Crippen molar-refractivity contribution in [3.05, 3.63) is 34.9 Å². The van der Waals surface area contributed by atoms with Gasteiger partial charge >= 0.3 is 0 Å². The summed E-state index contributed by atoms with van der Waals surface area (Å²) in [6.45, 7) is 6.09. The monoisotopic (exact) mass is 328 g/mol. The first-order valence-electron chi connectivity index (χ1n) is 7.98. The molecule has 2 nitrogen and oxygen atoms in total. The smallest absolute Gasteiger partial charge is 0.248 e. The van der Waals surface area contributed by atoms with Crippen LogP contribution in [0, 0.1) is 5.92 Å². The van der Waals surface area contributed by atoms with Crippen molar-refractivity contribution >= 4 is 11.6 Å². The maximum absolute atomic E-state index is 13.4. The van der Waals surface area contributed by atoms with Gasteiger partial charge in [-0.2, -0.15) is 0 Å². The molecule has 0 radical (unpaired) electrons. The normalized spacial score (nSPS) is 30.8. The fourth-order valence-corrected chi connectivity index (χ4v) is 3.89. The molecule has 1 unspecified atom stereocenters. The van der Waals surface area contributed by atoms with Gasteiger partial charge in [-0.3, -0.25) is 4.90 Å². The van der Waals surface area contributed by atoms with Crippen LogP contribution >= 0.6 is 11.6 Å². The second-order valence-electron chi connectivity index (χ2n) is 6.88. The van der Waals surface area contributed by atoms with Crippen LogP contribution < -0.4 is 5.32 Å². The van der Waals surface area contributed by atoms with Crippen molar-refractivity contribution in [2.45, 2.75) is 50.7 Å². The number of halogens is 3. The van der Waals surface area contributed by atoms with E-state index in [9.17, 15) is 8.78 Å². The van der Waals surface area contributed by atoms with E-state index in [0.29, 0.717) is 17.1 Å². The Morgan fingerprint density at radius 1 is 1.23 bits per heavy atom. The molecule has 1 N–H and O–H groups in total. The van der Waals surface area contributed by atoms with E-state index in [1.54, 1.807) is 0 Å². The highest BCUT2D eigenvalue weighted by molar-refractivity contribution is 6.30. The number of nitrogens with zero attached hydrogens (tertiary/aromatic N) is 1. The van der Waals surface area contributed by atoms with E-state index in [4.69, 9.17) is 11.6 Å². The van der Waals surface area contributed by atoms with Crippen molar-refractivity contribution in [1.29, 1.82) is 0 Å². The molecule has 0 bridgehead atoms. The average molecular weight is 329 g/mol. The van der Waals surface area contributed by atoms with Crippen molar-refractivity contribution in [3.63, 3.8) is 0 Å². The zero-order chi connectivity index (χ0) is 15.9. The number of alkyl halides is 2. The van der Waals surface area contributed by atoms with E-state index >= 15 is 0 Å². The summed E-state index contributed by atoms with van der Waals surface area (Å²) >= 11 is 5.98. The SMILES string of the molecule is C[C@@H]1CN[C@@H](C)CN1C(c1ccc(Cl)cc1)C1CC(F)(F)C1. The van der Waals surface area contributed by atoms with E-state index in [1.165, 1.54) is 0 Å². The quantitative estimate of drug-likeness (QED) is 0.898. The Morgan fingerprint density at radius 3 is 2.45 bits per heavy atom. The van der Waals surface area contributed by atoms with E-state index in [-0.39, 0.29) is 24.8 Å². The third-order valence-electron chi connectivity index (χ3n) is 4.95. The molecule has 1 aromatic rings. The van der Waals surface area contributed by atoms with Crippen LogP contribution in [0.3, 0.4) is 0 Å². The zero-order valence-electron chi connectivity index (χ0n) is 13.0. The molecule has 1 heterocycles. The lowest BCUT2D eigenvalue weighted by molar-refractivity contribution is -0.137. The topological polar surface area (TPSA) is 15.3 Å². The molecule has 2 aliphatic rings. The van der Waals surface area contributed by atoms with Crippen LogP contribution in [0.5, 0.6) is 0 Å². The molecule has 122 valence electrons. The Labute approximate surface area is 135 Å². The minimum Gasteiger partial charge on any atom is -0.311 e. The first-order valence-corrected chi connectivity index (χ1v) is 8.36. The molecule has 1 saturated heterocycles. The second-order valence-corrected chi connectivity index (χ2v) is 7.31. The van der Waals surface area contributed by atoms with Gasteiger partial charge in [0, 0.05) is 49.1 Å². The van der Waals surface area contributed by atoms with Crippen molar-refractivity contribution in [1.82, 2.24) is 10.2 Å². The molecule has 1 aromatic carbocycles. The lowest BCUT2D eigenvalue weighted by atomic mass is 9.73. The first kappa shape index (κ1) is 16.2. The van der Waals surface area contributed by atoms with Gasteiger partial charge in [0.2, 0.25) is 5.92 Å². The molecular formula is C17H23ClF2N2. The van der Waals surface area contributed by atoms with Gasteiger partial charge < -0.3 is 5.32 Å². The van der Waals surface area contributed by atoms with Gasteiger partial charge in [-0.1, -0.05) is 23.7 Å². The molecule has 1 saturated carbocycles. The van der Waals surface area contributed by atoms with Crippen molar-refractivity contribution in [3.8, 4) is 0 Å². The fraction of sp³-hybridized carbons (Fsp3) is 0.647. The van der Waals surface area contributed by atoms with Gasteiger partial charge in [0.15, 0.2) is 0 Å². The standard InChI is InChI=1S/C17H23ClF2N2/c1-11-10-22(12(2)9-21-11)16(14-7-17(19,20)8-14)13-3-5-15(18)6-4-13/h3-6,11-12,14,16,21H,7-10H2,1-2H3/t11-,12+,16?/m0/s1. The fourth-order valence-electron chi connectivity index (χ4n) is 3.76. The van der Waals surface area contributed by atoms with Crippen molar-refractivity contribution in [2.24, 2.45) is 5.92 Å². The number of benzene rings is 1. The maximum atomic E-state index is 13.4. The van der Waals surface area contributed by atoms with Crippen LogP contribution in [0.4, 0.5) is 8.78 Å². The molecule has 2 fully saturated rings. The van der Waals surface area contributed by atoms with Gasteiger partial charge in [-0.05, 0) is 37.5 Å². The Hall–Kier alpha value is -0.710. The first-order chi connectivity index (χ1) is 10.4. The summed E-state index contributed by atoms with van der Waals surface area (Å²) in [4.78, 5) is 2.39. The minimum atomic E-state index is -2.49. The Bertz CT molecular complexity index is 512. The van der Waals surface area contributed by atoms with Gasteiger partial charge in [0.05, 0.1) is 0 Å². The van der Waals surface area contributed by atoms with Crippen LogP contribution in [0.25, 0.3) is 0 Å². The summed E-state index contributed by atoms with van der Waals surface area (Å²) in [5.74, 6) is -2.47. The van der Waals surface area contributed by atoms with Crippen LogP contribution in [-0.2, 0) is 0 Å². The summed E-state index contributed by atoms with van der Waals surface area (Å²) in [5, 5.41) is 4.14. The molecule has 22 heavy (non-hydrogen) atoms. The summed E-state index contributed by atoms with van der Waals surface area (Å²) in [7, 11) is 0. The average Bonchev–Trinajstić information content (AvgIpc) is 2.43. The van der Waals surface area contributed by atoms with Gasteiger partial charge in [0.1, 0.15) is 0 Å². The lowest BCUT2D eigenvalue weighted by Crippen LogP contribution is -2.58. The van der Waals surface area contributed by atoms with Gasteiger partial charge in [0.25, 0.3) is 0 Å². The van der Waals surface area contributed by atoms with E-state index in [1.807, 2.05) is 24.3 Å². The highest BCUT2D eigenvalue weighted by atomic mass is 35.5. The maximum Gasteiger partial charge on any atom is 0.248 e. The molecular weight excluding hydrogens is 306 g/mol. The molecule has 3 atom stereocenters. The summed E-state index contributed by atoms with van der Waals surface area (Å²) in [6, 6.07) is 8.47.